The van der Waals surface area contributed by atoms with E-state index < -0.39 is 23.2 Å². The van der Waals surface area contributed by atoms with Gasteiger partial charge in [0.25, 0.3) is 5.91 Å². The van der Waals surface area contributed by atoms with Gasteiger partial charge in [-0.15, -0.1) is 0 Å². The van der Waals surface area contributed by atoms with Gasteiger partial charge in [-0.3, -0.25) is 14.6 Å². The SMILES string of the molecule is CCOC1(c2cccnc2)C=CC(N2CCN(C(=O)C3(C(F)(F)F)CCCC3)C[C@H]2CC)=C(C(=O)N[C@H]2CCN(C)C2)N1. The van der Waals surface area contributed by atoms with Crippen molar-refractivity contribution in [2.24, 2.45) is 5.41 Å². The van der Waals surface area contributed by atoms with Crippen LogP contribution in [0.2, 0.25) is 0 Å². The molecule has 3 atom stereocenters. The molecule has 4 aliphatic rings. The van der Waals surface area contributed by atoms with E-state index in [9.17, 15) is 22.8 Å². The van der Waals surface area contributed by atoms with Crippen molar-refractivity contribution in [3.63, 3.8) is 0 Å². The molecule has 4 heterocycles. The maximum absolute atomic E-state index is 14.2. The number of dihydropyridines is 1. The highest BCUT2D eigenvalue weighted by Crippen LogP contribution is 2.52. The van der Waals surface area contributed by atoms with Crippen LogP contribution in [0.4, 0.5) is 13.2 Å². The van der Waals surface area contributed by atoms with E-state index in [2.05, 4.69) is 25.4 Å². The van der Waals surface area contributed by atoms with Gasteiger partial charge in [0.1, 0.15) is 11.1 Å². The molecule has 2 N–H and O–H groups in total. The second-order valence-corrected chi connectivity index (χ2v) is 12.1. The molecule has 3 aliphatic heterocycles. The lowest BCUT2D eigenvalue weighted by Crippen LogP contribution is -2.60. The van der Waals surface area contributed by atoms with Crippen LogP contribution in [0.5, 0.6) is 0 Å². The highest BCUT2D eigenvalue weighted by atomic mass is 19.4. The second kappa shape index (κ2) is 12.5. The quantitative estimate of drug-likeness (QED) is 0.470. The van der Waals surface area contributed by atoms with E-state index in [0.717, 1.165) is 25.1 Å². The van der Waals surface area contributed by atoms with Crippen molar-refractivity contribution in [2.75, 3.05) is 46.4 Å². The number of pyridine rings is 1. The Hall–Kier alpha value is -3.12. The number of hydrogen-bond donors (Lipinski definition) is 2. The summed E-state index contributed by atoms with van der Waals surface area (Å²) in [6.07, 6.45) is 4.43. The number of amides is 2. The number of rotatable bonds is 8. The minimum atomic E-state index is -4.58. The summed E-state index contributed by atoms with van der Waals surface area (Å²) in [6, 6.07) is 3.40. The average Bonchev–Trinajstić information content (AvgIpc) is 3.67. The van der Waals surface area contributed by atoms with Crippen LogP contribution in [0.25, 0.3) is 0 Å². The molecular weight excluding hydrogens is 561 g/mol. The van der Waals surface area contributed by atoms with Gasteiger partial charge in [0.05, 0.1) is 5.70 Å². The molecule has 1 aliphatic carbocycles. The Morgan fingerprint density at radius 1 is 1.16 bits per heavy atom. The van der Waals surface area contributed by atoms with Crippen LogP contribution < -0.4 is 10.6 Å². The molecule has 5 rings (SSSR count). The Labute approximate surface area is 251 Å². The molecule has 1 saturated carbocycles. The van der Waals surface area contributed by atoms with Crippen LogP contribution in [0, 0.1) is 5.41 Å². The predicted octanol–water partition coefficient (Wildman–Crippen LogP) is 3.51. The first-order valence-corrected chi connectivity index (χ1v) is 15.4. The minimum absolute atomic E-state index is 0.0137. The average molecular weight is 605 g/mol. The van der Waals surface area contributed by atoms with Gasteiger partial charge in [0.15, 0.2) is 5.72 Å². The lowest BCUT2D eigenvalue weighted by atomic mass is 9.83. The second-order valence-electron chi connectivity index (χ2n) is 12.1. The summed E-state index contributed by atoms with van der Waals surface area (Å²) in [5.74, 6) is -1.08. The first-order valence-electron chi connectivity index (χ1n) is 15.4. The van der Waals surface area contributed by atoms with E-state index >= 15 is 0 Å². The number of halogens is 3. The Kier molecular flexibility index (Phi) is 9.08. The Bertz CT molecular complexity index is 1230. The van der Waals surface area contributed by atoms with Gasteiger partial charge in [-0.1, -0.05) is 25.8 Å². The van der Waals surface area contributed by atoms with E-state index in [-0.39, 0.29) is 43.9 Å². The van der Waals surface area contributed by atoms with Crippen LogP contribution in [-0.4, -0.2) is 96.1 Å². The molecule has 12 heteroatoms. The Morgan fingerprint density at radius 2 is 1.93 bits per heavy atom. The van der Waals surface area contributed by atoms with E-state index in [1.165, 1.54) is 4.90 Å². The summed E-state index contributed by atoms with van der Waals surface area (Å²) >= 11 is 0. The third kappa shape index (κ3) is 6.00. The number of likely N-dealkylation sites (N-methyl/N-ethyl adjacent to an activating group) is 1. The van der Waals surface area contributed by atoms with Crippen LogP contribution in [-0.2, 0) is 20.1 Å². The number of allylic oxidation sites excluding steroid dienone is 1. The molecule has 9 nitrogen and oxygen atoms in total. The summed E-state index contributed by atoms with van der Waals surface area (Å²) in [5.41, 5.74) is -1.73. The minimum Gasteiger partial charge on any atom is -0.363 e. The molecule has 1 aromatic rings. The Balaban J connectivity index is 1.45. The number of nitrogens with one attached hydrogen (secondary N) is 2. The van der Waals surface area contributed by atoms with Crippen molar-refractivity contribution >= 4 is 11.8 Å². The number of piperazine rings is 1. The fourth-order valence-electron chi connectivity index (χ4n) is 7.05. The number of nitrogens with zero attached hydrogens (tertiary/aromatic N) is 4. The van der Waals surface area contributed by atoms with Gasteiger partial charge >= 0.3 is 6.18 Å². The highest BCUT2D eigenvalue weighted by molar-refractivity contribution is 5.95. The maximum Gasteiger partial charge on any atom is 0.403 e. The summed E-state index contributed by atoms with van der Waals surface area (Å²) < 4.78 is 48.9. The van der Waals surface area contributed by atoms with Crippen molar-refractivity contribution in [2.45, 2.75) is 76.4 Å². The van der Waals surface area contributed by atoms with Crippen LogP contribution in [0.3, 0.4) is 0 Å². The predicted molar refractivity (Wildman–Crippen MR) is 155 cm³/mol. The van der Waals surface area contributed by atoms with Crippen LogP contribution in [0.15, 0.2) is 48.1 Å². The highest BCUT2D eigenvalue weighted by Gasteiger charge is 2.62. The van der Waals surface area contributed by atoms with E-state index in [1.807, 2.05) is 39.1 Å². The van der Waals surface area contributed by atoms with Gasteiger partial charge in [0, 0.05) is 62.8 Å². The number of alkyl halides is 3. The molecule has 1 unspecified atom stereocenters. The molecule has 236 valence electrons. The number of likely N-dealkylation sites (tertiary alicyclic amines) is 1. The van der Waals surface area contributed by atoms with Gasteiger partial charge < -0.3 is 30.1 Å². The first kappa shape index (κ1) is 31.3. The monoisotopic (exact) mass is 604 g/mol. The molecule has 3 fully saturated rings. The molecule has 0 bridgehead atoms. The van der Waals surface area contributed by atoms with Crippen LogP contribution in [0.1, 0.15) is 57.9 Å². The van der Waals surface area contributed by atoms with E-state index in [4.69, 9.17) is 4.74 Å². The topological polar surface area (TPSA) is 90.0 Å². The summed E-state index contributed by atoms with van der Waals surface area (Å²) in [7, 11) is 2.02. The third-order valence-electron chi connectivity index (χ3n) is 9.42. The summed E-state index contributed by atoms with van der Waals surface area (Å²) in [4.78, 5) is 37.3. The molecule has 1 aromatic heterocycles. The van der Waals surface area contributed by atoms with Gasteiger partial charge in [0.2, 0.25) is 5.91 Å². The van der Waals surface area contributed by atoms with Crippen molar-refractivity contribution in [1.29, 1.82) is 0 Å². The fraction of sp³-hybridized carbons (Fsp3) is 0.645. The normalized spacial score (nSPS) is 27.9. The third-order valence-corrected chi connectivity index (χ3v) is 9.42. The summed E-state index contributed by atoms with van der Waals surface area (Å²) in [5, 5.41) is 6.58. The first-order chi connectivity index (χ1) is 20.5. The van der Waals surface area contributed by atoms with Crippen molar-refractivity contribution in [1.82, 2.24) is 30.3 Å². The molecule has 0 aromatic carbocycles. The van der Waals surface area contributed by atoms with Gasteiger partial charge in [-0.25, -0.2) is 0 Å². The number of carbonyl (C=O) groups is 2. The number of hydrogen-bond acceptors (Lipinski definition) is 7. The van der Waals surface area contributed by atoms with Gasteiger partial charge in [-0.2, -0.15) is 13.2 Å². The molecule has 0 spiro atoms. The number of ether oxygens (including phenoxy) is 1. The molecule has 0 radical (unpaired) electrons. The molecule has 2 amide bonds. The smallest absolute Gasteiger partial charge is 0.363 e. The Morgan fingerprint density at radius 3 is 2.53 bits per heavy atom. The van der Waals surface area contributed by atoms with Crippen molar-refractivity contribution < 1.29 is 27.5 Å². The van der Waals surface area contributed by atoms with Crippen molar-refractivity contribution in [3.8, 4) is 0 Å². The van der Waals surface area contributed by atoms with E-state index in [1.54, 1.807) is 18.5 Å². The molecular formula is C31H43F3N6O3. The fourth-order valence-corrected chi connectivity index (χ4v) is 7.05. The zero-order valence-electron chi connectivity index (χ0n) is 25.3. The summed E-state index contributed by atoms with van der Waals surface area (Å²) in [6.45, 7) is 6.43. The largest absolute Gasteiger partial charge is 0.403 e. The maximum atomic E-state index is 14.2. The number of aromatic nitrogens is 1. The van der Waals surface area contributed by atoms with Crippen LogP contribution >= 0.6 is 0 Å². The number of carbonyl (C=O) groups excluding carboxylic acids is 2. The zero-order chi connectivity index (χ0) is 30.8. The zero-order valence-corrected chi connectivity index (χ0v) is 25.3. The van der Waals surface area contributed by atoms with E-state index in [0.29, 0.717) is 43.8 Å². The lowest BCUT2D eigenvalue weighted by molar-refractivity contribution is -0.226. The molecule has 43 heavy (non-hydrogen) atoms. The van der Waals surface area contributed by atoms with Crippen molar-refractivity contribution in [3.05, 3.63) is 53.6 Å². The standard InChI is InChI=1S/C31H43F3N6O3/c1-4-24-21-39(28(42)29(31(32,33)34)12-6-7-13-29)17-18-40(24)25-10-14-30(43-5-2,22-9-8-15-35-19-22)37-26(25)27(41)36-23-11-16-38(3)20-23/h8-10,14-15,19,23-24,37H,4-7,11-13,16-18,20-21H2,1-3H3,(H,36,41)/t23-,24+,30?/m0/s1. The van der Waals surface area contributed by atoms with Gasteiger partial charge in [-0.05, 0) is 64.4 Å². The molecule has 2 saturated heterocycles. The lowest BCUT2D eigenvalue weighted by Gasteiger charge is -2.47.